The summed E-state index contributed by atoms with van der Waals surface area (Å²) in [6.07, 6.45) is 4.46. The molecule has 1 aromatic carbocycles. The zero-order chi connectivity index (χ0) is 20.9. The van der Waals surface area contributed by atoms with Gasteiger partial charge in [0.1, 0.15) is 16.8 Å². The summed E-state index contributed by atoms with van der Waals surface area (Å²) in [5.41, 5.74) is 2.56. The number of nitriles is 1. The van der Waals surface area contributed by atoms with Gasteiger partial charge in [0.15, 0.2) is 0 Å². The molecule has 0 atom stereocenters. The summed E-state index contributed by atoms with van der Waals surface area (Å²) in [5, 5.41) is 21.6. The third-order valence-electron chi connectivity index (χ3n) is 4.83. The summed E-state index contributed by atoms with van der Waals surface area (Å²) in [6.45, 7) is 0. The van der Waals surface area contributed by atoms with E-state index in [2.05, 4.69) is 21.6 Å². The number of nitrogens with one attached hydrogen (secondary N) is 1. The first-order valence-corrected chi connectivity index (χ1v) is 11.4. The van der Waals surface area contributed by atoms with Crippen LogP contribution in [-0.4, -0.2) is 29.0 Å². The minimum atomic E-state index is -0.118. The van der Waals surface area contributed by atoms with Gasteiger partial charge in [0.25, 0.3) is 5.22 Å². The summed E-state index contributed by atoms with van der Waals surface area (Å²) in [5.74, 6) is 1.56. The second-order valence-corrected chi connectivity index (χ2v) is 8.93. The first-order chi connectivity index (χ1) is 14.7. The summed E-state index contributed by atoms with van der Waals surface area (Å²) >= 11 is 2.87. The number of fused-ring (bicyclic) bond motifs is 1. The molecular weight excluding hydrogens is 420 g/mol. The number of thioether (sulfide) groups is 1. The topological polar surface area (TPSA) is 101 Å². The fourth-order valence-electron chi connectivity index (χ4n) is 3.31. The molecule has 0 saturated heterocycles. The molecule has 0 radical (unpaired) electrons. The van der Waals surface area contributed by atoms with Gasteiger partial charge in [-0.05, 0) is 55.5 Å². The van der Waals surface area contributed by atoms with E-state index in [1.54, 1.807) is 7.11 Å². The van der Waals surface area contributed by atoms with Crippen molar-refractivity contribution in [2.24, 2.45) is 0 Å². The molecule has 0 unspecified atom stereocenters. The molecule has 2 heterocycles. The molecule has 2 aromatic heterocycles. The van der Waals surface area contributed by atoms with Crippen LogP contribution in [0.15, 0.2) is 33.9 Å². The summed E-state index contributed by atoms with van der Waals surface area (Å²) in [4.78, 5) is 13.6. The van der Waals surface area contributed by atoms with Crippen molar-refractivity contribution < 1.29 is 13.9 Å². The third kappa shape index (κ3) is 4.50. The van der Waals surface area contributed by atoms with Gasteiger partial charge in [-0.15, -0.1) is 21.5 Å². The van der Waals surface area contributed by atoms with Crippen molar-refractivity contribution in [1.29, 1.82) is 5.26 Å². The van der Waals surface area contributed by atoms with Gasteiger partial charge >= 0.3 is 0 Å². The van der Waals surface area contributed by atoms with Crippen molar-refractivity contribution in [2.75, 3.05) is 18.2 Å². The van der Waals surface area contributed by atoms with Gasteiger partial charge in [-0.3, -0.25) is 4.79 Å². The van der Waals surface area contributed by atoms with Crippen molar-refractivity contribution in [3.05, 3.63) is 40.3 Å². The number of anilines is 1. The number of thiophene rings is 1. The number of nitrogens with zero attached hydrogens (tertiary/aromatic N) is 3. The predicted octanol–water partition coefficient (Wildman–Crippen LogP) is 4.68. The Kier molecular flexibility index (Phi) is 6.35. The fourth-order valence-corrected chi connectivity index (χ4v) is 5.27. The quantitative estimate of drug-likeness (QED) is 0.532. The Balaban J connectivity index is 1.31. The second-order valence-electron chi connectivity index (χ2n) is 6.78. The highest BCUT2D eigenvalue weighted by Crippen LogP contribution is 2.37. The van der Waals surface area contributed by atoms with Crippen LogP contribution in [0.1, 0.15) is 35.3 Å². The van der Waals surface area contributed by atoms with Gasteiger partial charge in [-0.2, -0.15) is 5.26 Å². The molecule has 7 nitrogen and oxygen atoms in total. The lowest BCUT2D eigenvalue weighted by Crippen LogP contribution is -2.12. The van der Waals surface area contributed by atoms with E-state index in [1.165, 1.54) is 28.0 Å². The largest absolute Gasteiger partial charge is 0.497 e. The zero-order valence-corrected chi connectivity index (χ0v) is 18.1. The van der Waals surface area contributed by atoms with E-state index >= 15 is 0 Å². The number of methoxy groups -OCH3 is 1. The number of carbonyl (C=O) groups excluding carboxylic acids is 1. The standard InChI is InChI=1S/C21H20N4O3S2/c1-27-14-8-6-13(7-9-14)19-24-25-21(28-19)29-11-10-18(26)23-20-16(12-22)15-4-2-3-5-17(15)30-20/h6-9H,2-5,10-11H2,1H3,(H,23,26). The van der Waals surface area contributed by atoms with Crippen molar-refractivity contribution in [2.45, 2.75) is 37.3 Å². The molecule has 1 aliphatic rings. The van der Waals surface area contributed by atoms with E-state index in [9.17, 15) is 10.1 Å². The molecule has 3 aromatic rings. The number of amides is 1. The molecule has 0 bridgehead atoms. The molecule has 1 aliphatic carbocycles. The van der Waals surface area contributed by atoms with Crippen LogP contribution in [0.4, 0.5) is 5.00 Å². The van der Waals surface area contributed by atoms with E-state index < -0.39 is 0 Å². The van der Waals surface area contributed by atoms with Crippen LogP contribution < -0.4 is 10.1 Å². The maximum absolute atomic E-state index is 12.4. The number of rotatable bonds is 7. The number of hydrogen-bond acceptors (Lipinski definition) is 8. The first kappa shape index (κ1) is 20.4. The number of benzene rings is 1. The molecule has 1 N–H and O–H groups in total. The average molecular weight is 441 g/mol. The minimum Gasteiger partial charge on any atom is -0.497 e. The SMILES string of the molecule is COc1ccc(-c2nnc(SCCC(=O)Nc3sc4c(c3C#N)CCCC4)o2)cc1. The highest BCUT2D eigenvalue weighted by Gasteiger charge is 2.21. The fraction of sp³-hybridized carbons (Fsp3) is 0.333. The Morgan fingerprint density at radius 2 is 2.10 bits per heavy atom. The van der Waals surface area contributed by atoms with Crippen LogP contribution in [0.3, 0.4) is 0 Å². The van der Waals surface area contributed by atoms with Gasteiger partial charge < -0.3 is 14.5 Å². The molecule has 0 spiro atoms. The smallest absolute Gasteiger partial charge is 0.276 e. The van der Waals surface area contributed by atoms with Crippen LogP contribution >= 0.6 is 23.1 Å². The van der Waals surface area contributed by atoms with Crippen molar-refractivity contribution in [1.82, 2.24) is 10.2 Å². The van der Waals surface area contributed by atoms with E-state index in [0.717, 1.165) is 42.6 Å². The predicted molar refractivity (Wildman–Crippen MR) is 116 cm³/mol. The normalized spacial score (nSPS) is 12.8. The van der Waals surface area contributed by atoms with Crippen LogP contribution in [0, 0.1) is 11.3 Å². The first-order valence-electron chi connectivity index (χ1n) is 9.63. The van der Waals surface area contributed by atoms with E-state index in [0.29, 0.717) is 33.9 Å². The molecule has 4 rings (SSSR count). The van der Waals surface area contributed by atoms with E-state index in [-0.39, 0.29) is 5.91 Å². The Hall–Kier alpha value is -2.83. The van der Waals surface area contributed by atoms with E-state index in [4.69, 9.17) is 9.15 Å². The summed E-state index contributed by atoms with van der Waals surface area (Å²) < 4.78 is 10.8. The monoisotopic (exact) mass is 440 g/mol. The van der Waals surface area contributed by atoms with E-state index in [1.807, 2.05) is 24.3 Å². The van der Waals surface area contributed by atoms with Crippen molar-refractivity contribution >= 4 is 34.0 Å². The number of hydrogen-bond donors (Lipinski definition) is 1. The van der Waals surface area contributed by atoms with Gasteiger partial charge in [-0.1, -0.05) is 11.8 Å². The lowest BCUT2D eigenvalue weighted by Gasteiger charge is -2.09. The molecule has 1 amide bonds. The third-order valence-corrected chi connectivity index (χ3v) is 6.86. The minimum absolute atomic E-state index is 0.118. The van der Waals surface area contributed by atoms with Crippen LogP contribution in [0.25, 0.3) is 11.5 Å². The highest BCUT2D eigenvalue weighted by atomic mass is 32.2. The molecule has 0 saturated carbocycles. The number of ether oxygens (including phenoxy) is 1. The molecule has 0 fully saturated rings. The Bertz CT molecular complexity index is 1080. The molecule has 30 heavy (non-hydrogen) atoms. The van der Waals surface area contributed by atoms with Gasteiger partial charge in [0.2, 0.25) is 11.8 Å². The Morgan fingerprint density at radius 3 is 2.87 bits per heavy atom. The lowest BCUT2D eigenvalue weighted by atomic mass is 9.96. The summed E-state index contributed by atoms with van der Waals surface area (Å²) in [6, 6.07) is 9.62. The maximum atomic E-state index is 12.4. The van der Waals surface area contributed by atoms with Crippen molar-refractivity contribution in [3.8, 4) is 23.3 Å². The maximum Gasteiger partial charge on any atom is 0.276 e. The Labute approximate surface area is 182 Å². The number of aromatic nitrogens is 2. The van der Waals surface area contributed by atoms with Gasteiger partial charge in [-0.25, -0.2) is 0 Å². The zero-order valence-electron chi connectivity index (χ0n) is 16.4. The lowest BCUT2D eigenvalue weighted by molar-refractivity contribution is -0.115. The Morgan fingerprint density at radius 1 is 1.30 bits per heavy atom. The molecule has 0 aliphatic heterocycles. The molecule has 154 valence electrons. The van der Waals surface area contributed by atoms with Gasteiger partial charge in [0.05, 0.1) is 12.7 Å². The van der Waals surface area contributed by atoms with Gasteiger partial charge in [0, 0.05) is 22.6 Å². The van der Waals surface area contributed by atoms with Crippen LogP contribution in [-0.2, 0) is 17.6 Å². The molecular formula is C21H20N4O3S2. The highest BCUT2D eigenvalue weighted by molar-refractivity contribution is 7.99. The second kappa shape index (κ2) is 9.32. The number of aryl methyl sites for hydroxylation is 1. The molecule has 9 heteroatoms. The van der Waals surface area contributed by atoms with Crippen LogP contribution in [0.2, 0.25) is 0 Å². The average Bonchev–Trinajstić information content (AvgIpc) is 3.38. The van der Waals surface area contributed by atoms with Crippen molar-refractivity contribution in [3.63, 3.8) is 0 Å². The van der Waals surface area contributed by atoms with Crippen LogP contribution in [0.5, 0.6) is 5.75 Å². The summed E-state index contributed by atoms with van der Waals surface area (Å²) in [7, 11) is 1.61. The number of carbonyl (C=O) groups is 1.